The fourth-order valence-electron chi connectivity index (χ4n) is 1.69. The van der Waals surface area contributed by atoms with E-state index in [1.807, 2.05) is 18.2 Å². The van der Waals surface area contributed by atoms with E-state index in [-0.39, 0.29) is 17.9 Å². The van der Waals surface area contributed by atoms with Crippen molar-refractivity contribution in [2.75, 3.05) is 13.7 Å². The number of rotatable bonds is 6. The second-order valence-electron chi connectivity index (χ2n) is 5.09. The van der Waals surface area contributed by atoms with Gasteiger partial charge in [0.25, 0.3) is 0 Å². The van der Waals surface area contributed by atoms with Crippen molar-refractivity contribution in [2.24, 2.45) is 11.7 Å². The fraction of sp³-hybridized carbons (Fsp3) is 0.571. The van der Waals surface area contributed by atoms with Crippen LogP contribution in [0.4, 0.5) is 0 Å². The van der Waals surface area contributed by atoms with Gasteiger partial charge in [-0.3, -0.25) is 0 Å². The molecule has 0 spiro atoms. The van der Waals surface area contributed by atoms with Gasteiger partial charge >= 0.3 is 0 Å². The second-order valence-corrected chi connectivity index (χ2v) is 5.52. The number of ether oxygens (including phenoxy) is 1. The Kier molecular flexibility index (Phi) is 7.75. The molecule has 0 aromatic heterocycles. The van der Waals surface area contributed by atoms with Crippen molar-refractivity contribution in [1.29, 1.82) is 0 Å². The Balaban J connectivity index is 0.00000324. The number of hydrogen-bond acceptors (Lipinski definition) is 3. The highest BCUT2D eigenvalue weighted by Crippen LogP contribution is 2.24. The van der Waals surface area contributed by atoms with Crippen molar-refractivity contribution in [3.63, 3.8) is 0 Å². The Morgan fingerprint density at radius 3 is 2.53 bits per heavy atom. The summed E-state index contributed by atoms with van der Waals surface area (Å²) in [7, 11) is 1.66. The Morgan fingerprint density at radius 1 is 1.42 bits per heavy atom. The lowest BCUT2D eigenvalue weighted by Gasteiger charge is -2.34. The number of nitrogens with two attached hydrogens (primary N) is 1. The van der Waals surface area contributed by atoms with Gasteiger partial charge in [0, 0.05) is 29.2 Å². The number of nitrogens with one attached hydrogen (secondary N) is 1. The third-order valence-corrected chi connectivity index (χ3v) is 3.86. The summed E-state index contributed by atoms with van der Waals surface area (Å²) >= 11 is 6.01. The maximum atomic E-state index is 6.01. The van der Waals surface area contributed by atoms with Gasteiger partial charge in [-0.05, 0) is 31.0 Å². The van der Waals surface area contributed by atoms with E-state index in [0.29, 0.717) is 24.0 Å². The summed E-state index contributed by atoms with van der Waals surface area (Å²) in [4.78, 5) is 0. The maximum Gasteiger partial charge on any atom is 0.123 e. The first-order valence-electron chi connectivity index (χ1n) is 6.20. The zero-order chi connectivity index (χ0) is 13.8. The molecule has 0 fully saturated rings. The Labute approximate surface area is 127 Å². The summed E-state index contributed by atoms with van der Waals surface area (Å²) < 4.78 is 5.33. The SMILES string of the molecule is COc1ccc(Cl)cc1CNC(C)(CN)C(C)C.Cl. The zero-order valence-corrected chi connectivity index (χ0v) is 13.6. The molecule has 1 atom stereocenters. The molecule has 0 amide bonds. The van der Waals surface area contributed by atoms with Crippen LogP contribution in [0.15, 0.2) is 18.2 Å². The van der Waals surface area contributed by atoms with Crippen molar-refractivity contribution in [2.45, 2.75) is 32.9 Å². The van der Waals surface area contributed by atoms with Crippen LogP contribution in [0, 0.1) is 5.92 Å². The van der Waals surface area contributed by atoms with Crippen LogP contribution in [0.3, 0.4) is 0 Å². The summed E-state index contributed by atoms with van der Waals surface area (Å²) in [6.07, 6.45) is 0. The van der Waals surface area contributed by atoms with Gasteiger partial charge in [-0.25, -0.2) is 0 Å². The van der Waals surface area contributed by atoms with Gasteiger partial charge in [0.05, 0.1) is 7.11 Å². The van der Waals surface area contributed by atoms with Crippen molar-refractivity contribution >= 4 is 24.0 Å². The van der Waals surface area contributed by atoms with E-state index in [0.717, 1.165) is 11.3 Å². The van der Waals surface area contributed by atoms with Gasteiger partial charge in [0.2, 0.25) is 0 Å². The lowest BCUT2D eigenvalue weighted by molar-refractivity contribution is 0.265. The molecule has 0 aliphatic carbocycles. The van der Waals surface area contributed by atoms with Gasteiger partial charge in [0.1, 0.15) is 5.75 Å². The van der Waals surface area contributed by atoms with Gasteiger partial charge < -0.3 is 15.8 Å². The number of hydrogen-bond donors (Lipinski definition) is 2. The maximum absolute atomic E-state index is 6.01. The van der Waals surface area contributed by atoms with Crippen molar-refractivity contribution in [1.82, 2.24) is 5.32 Å². The molecule has 0 aliphatic heterocycles. The topological polar surface area (TPSA) is 47.3 Å². The lowest BCUT2D eigenvalue weighted by atomic mass is 9.88. The van der Waals surface area contributed by atoms with Gasteiger partial charge in [-0.1, -0.05) is 25.4 Å². The average molecular weight is 307 g/mol. The first-order valence-corrected chi connectivity index (χ1v) is 6.58. The first kappa shape index (κ1) is 18.5. The largest absolute Gasteiger partial charge is 0.496 e. The van der Waals surface area contributed by atoms with E-state index >= 15 is 0 Å². The molecular weight excluding hydrogens is 283 g/mol. The minimum Gasteiger partial charge on any atom is -0.496 e. The van der Waals surface area contributed by atoms with Crippen molar-refractivity contribution in [3.8, 4) is 5.75 Å². The van der Waals surface area contributed by atoms with Crippen LogP contribution in [-0.4, -0.2) is 19.2 Å². The highest BCUT2D eigenvalue weighted by atomic mass is 35.5. The zero-order valence-electron chi connectivity index (χ0n) is 12.0. The van der Waals surface area contributed by atoms with Crippen LogP contribution in [0.25, 0.3) is 0 Å². The summed E-state index contributed by atoms with van der Waals surface area (Å²) in [6.45, 7) is 7.74. The van der Waals surface area contributed by atoms with E-state index in [1.54, 1.807) is 7.11 Å². The molecule has 5 heteroatoms. The smallest absolute Gasteiger partial charge is 0.123 e. The van der Waals surface area contributed by atoms with Crippen LogP contribution < -0.4 is 15.8 Å². The van der Waals surface area contributed by atoms with Gasteiger partial charge in [-0.15, -0.1) is 12.4 Å². The quantitative estimate of drug-likeness (QED) is 0.848. The van der Waals surface area contributed by atoms with Gasteiger partial charge in [-0.2, -0.15) is 0 Å². The van der Waals surface area contributed by atoms with E-state index in [4.69, 9.17) is 22.1 Å². The fourth-order valence-corrected chi connectivity index (χ4v) is 1.89. The van der Waals surface area contributed by atoms with E-state index in [1.165, 1.54) is 0 Å². The average Bonchev–Trinajstić information content (AvgIpc) is 2.35. The van der Waals surface area contributed by atoms with E-state index in [9.17, 15) is 0 Å². The molecule has 1 unspecified atom stereocenters. The van der Waals surface area contributed by atoms with E-state index in [2.05, 4.69) is 26.1 Å². The minimum atomic E-state index is -0.0900. The molecule has 3 nitrogen and oxygen atoms in total. The van der Waals surface area contributed by atoms with Crippen LogP contribution in [0.1, 0.15) is 26.3 Å². The summed E-state index contributed by atoms with van der Waals surface area (Å²) in [6, 6.07) is 5.63. The van der Waals surface area contributed by atoms with Crippen molar-refractivity contribution in [3.05, 3.63) is 28.8 Å². The van der Waals surface area contributed by atoms with Crippen LogP contribution in [-0.2, 0) is 6.54 Å². The molecule has 3 N–H and O–H groups in total. The van der Waals surface area contributed by atoms with Crippen molar-refractivity contribution < 1.29 is 4.74 Å². The summed E-state index contributed by atoms with van der Waals surface area (Å²) in [5.41, 5.74) is 6.81. The third-order valence-electron chi connectivity index (χ3n) is 3.62. The minimum absolute atomic E-state index is 0. The second kappa shape index (κ2) is 7.95. The van der Waals surface area contributed by atoms with Crippen LogP contribution in [0.5, 0.6) is 5.75 Å². The molecular formula is C14H24Cl2N2O. The molecule has 1 aromatic carbocycles. The first-order chi connectivity index (χ1) is 8.42. The van der Waals surface area contributed by atoms with Crippen LogP contribution in [0.2, 0.25) is 5.02 Å². The summed E-state index contributed by atoms with van der Waals surface area (Å²) in [5, 5.41) is 4.21. The Bertz CT molecular complexity index is 399. The normalized spacial score (nSPS) is 13.8. The summed E-state index contributed by atoms with van der Waals surface area (Å²) in [5.74, 6) is 1.29. The predicted octanol–water partition coefficient (Wildman–Crippen LogP) is 3.23. The molecule has 0 saturated heterocycles. The molecule has 0 saturated carbocycles. The highest BCUT2D eigenvalue weighted by Gasteiger charge is 2.26. The third kappa shape index (κ3) is 4.84. The molecule has 0 heterocycles. The number of halogens is 2. The molecule has 110 valence electrons. The standard InChI is InChI=1S/C14H23ClN2O.ClH/c1-10(2)14(3,9-16)17-8-11-7-12(15)5-6-13(11)18-4;/h5-7,10,17H,8-9,16H2,1-4H3;1H. The number of benzene rings is 1. The van der Waals surface area contributed by atoms with Gasteiger partial charge in [0.15, 0.2) is 0 Å². The molecule has 1 rings (SSSR count). The number of methoxy groups -OCH3 is 1. The lowest BCUT2D eigenvalue weighted by Crippen LogP contribution is -2.52. The monoisotopic (exact) mass is 306 g/mol. The molecule has 0 bridgehead atoms. The van der Waals surface area contributed by atoms with E-state index < -0.39 is 0 Å². The predicted molar refractivity (Wildman–Crippen MR) is 84.4 cm³/mol. The highest BCUT2D eigenvalue weighted by molar-refractivity contribution is 6.30. The Hall–Kier alpha value is -0.480. The Morgan fingerprint density at radius 2 is 2.05 bits per heavy atom. The molecule has 0 radical (unpaired) electrons. The molecule has 1 aromatic rings. The van der Waals surface area contributed by atoms with Crippen LogP contribution >= 0.6 is 24.0 Å². The molecule has 0 aliphatic rings. The molecule has 19 heavy (non-hydrogen) atoms.